The van der Waals surface area contributed by atoms with Crippen LogP contribution in [0, 0.1) is 0 Å². The van der Waals surface area contributed by atoms with Crippen molar-refractivity contribution in [3.8, 4) is 0 Å². The Bertz CT molecular complexity index is 1180. The smallest absolute Gasteiger partial charge is 0.322 e. The van der Waals surface area contributed by atoms with E-state index in [1.165, 1.54) is 23.3 Å². The number of benzene rings is 3. The molecular formula is C29H32Cl2F3N3O. The van der Waals surface area contributed by atoms with Crippen molar-refractivity contribution in [2.45, 2.75) is 50.0 Å². The highest BCUT2D eigenvalue weighted by Gasteiger charge is 2.39. The summed E-state index contributed by atoms with van der Waals surface area (Å²) >= 11 is 0. The van der Waals surface area contributed by atoms with E-state index < -0.39 is 17.6 Å². The number of alkyl halides is 3. The normalized spacial score (nSPS) is 19.7. The number of carbonyl (C=O) groups is 1. The van der Waals surface area contributed by atoms with Gasteiger partial charge in [0.2, 0.25) is 0 Å². The molecule has 1 saturated heterocycles. The van der Waals surface area contributed by atoms with E-state index in [1.807, 2.05) is 24.3 Å². The van der Waals surface area contributed by atoms with Crippen LogP contribution in [-0.4, -0.2) is 36.0 Å². The standard InChI is InChI=1S/C29H30F3N3O.2ClH/c30-29(31,32)23-8-4-7-22(17-23)28(36)34-24-11-9-21(10-12-24)26-18-27(26)33-25-13-15-35(16-14-25)19-20-5-2-1-3-6-20;;/h1-12,17,25-27,33H,13-16,18-19H2,(H,34,36);2*1H. The fraction of sp³-hybridized carbons (Fsp3) is 0.345. The molecule has 5 rings (SSSR count). The molecule has 9 heteroatoms. The van der Waals surface area contributed by atoms with Gasteiger partial charge in [0, 0.05) is 35.8 Å². The van der Waals surface area contributed by atoms with E-state index in [2.05, 4.69) is 45.9 Å². The van der Waals surface area contributed by atoms with Crippen molar-refractivity contribution >= 4 is 36.4 Å². The average molecular weight is 566 g/mol. The Labute approximate surface area is 233 Å². The van der Waals surface area contributed by atoms with Crippen LogP contribution in [0.5, 0.6) is 0 Å². The molecule has 2 unspecified atom stereocenters. The molecule has 204 valence electrons. The van der Waals surface area contributed by atoms with Crippen molar-refractivity contribution in [3.05, 3.63) is 101 Å². The number of nitrogens with one attached hydrogen (secondary N) is 2. The lowest BCUT2D eigenvalue weighted by Gasteiger charge is -2.32. The van der Waals surface area contributed by atoms with E-state index in [-0.39, 0.29) is 30.4 Å². The fourth-order valence-corrected chi connectivity index (χ4v) is 5.00. The first-order chi connectivity index (χ1) is 17.3. The lowest BCUT2D eigenvalue weighted by molar-refractivity contribution is -0.137. The highest BCUT2D eigenvalue weighted by Crippen LogP contribution is 2.42. The van der Waals surface area contributed by atoms with Gasteiger partial charge in [0.25, 0.3) is 5.91 Å². The summed E-state index contributed by atoms with van der Waals surface area (Å²) in [6.45, 7) is 3.21. The van der Waals surface area contributed by atoms with Crippen molar-refractivity contribution in [3.63, 3.8) is 0 Å². The quantitative estimate of drug-likeness (QED) is 0.327. The summed E-state index contributed by atoms with van der Waals surface area (Å²) in [5.41, 5.74) is 2.29. The number of carbonyl (C=O) groups excluding carboxylic acids is 1. The van der Waals surface area contributed by atoms with Crippen LogP contribution in [0.25, 0.3) is 0 Å². The van der Waals surface area contributed by atoms with Crippen molar-refractivity contribution in [1.82, 2.24) is 10.2 Å². The Hall–Kier alpha value is -2.58. The highest BCUT2D eigenvalue weighted by atomic mass is 35.5. The zero-order chi connectivity index (χ0) is 25.1. The van der Waals surface area contributed by atoms with Gasteiger partial charge in [-0.15, -0.1) is 24.8 Å². The van der Waals surface area contributed by atoms with E-state index in [0.29, 0.717) is 23.7 Å². The maximum Gasteiger partial charge on any atom is 0.416 e. The summed E-state index contributed by atoms with van der Waals surface area (Å²) < 4.78 is 38.8. The molecule has 2 aliphatic rings. The van der Waals surface area contributed by atoms with Crippen molar-refractivity contribution in [2.75, 3.05) is 18.4 Å². The molecule has 0 aromatic heterocycles. The van der Waals surface area contributed by atoms with Crippen molar-refractivity contribution in [2.24, 2.45) is 0 Å². The molecule has 0 bridgehead atoms. The Morgan fingerprint density at radius 2 is 1.58 bits per heavy atom. The zero-order valence-electron chi connectivity index (χ0n) is 20.8. The van der Waals surface area contributed by atoms with Gasteiger partial charge < -0.3 is 10.6 Å². The number of piperidine rings is 1. The molecular weight excluding hydrogens is 534 g/mol. The zero-order valence-corrected chi connectivity index (χ0v) is 22.4. The van der Waals surface area contributed by atoms with E-state index in [4.69, 9.17) is 0 Å². The second kappa shape index (κ2) is 13.0. The first kappa shape index (κ1) is 30.0. The number of hydrogen-bond donors (Lipinski definition) is 2. The first-order valence-corrected chi connectivity index (χ1v) is 12.5. The minimum atomic E-state index is -4.48. The summed E-state index contributed by atoms with van der Waals surface area (Å²) in [5.74, 6) is -0.0982. The van der Waals surface area contributed by atoms with Gasteiger partial charge in [-0.1, -0.05) is 48.5 Å². The van der Waals surface area contributed by atoms with E-state index in [1.54, 1.807) is 0 Å². The second-order valence-electron chi connectivity index (χ2n) is 9.81. The number of likely N-dealkylation sites (tertiary alicyclic amines) is 1. The van der Waals surface area contributed by atoms with Gasteiger partial charge in [0.05, 0.1) is 5.56 Å². The van der Waals surface area contributed by atoms with E-state index in [0.717, 1.165) is 51.0 Å². The fourth-order valence-electron chi connectivity index (χ4n) is 5.00. The van der Waals surface area contributed by atoms with Gasteiger partial charge in [-0.25, -0.2) is 0 Å². The molecule has 1 aliphatic carbocycles. The number of nitrogens with zero attached hydrogens (tertiary/aromatic N) is 1. The molecule has 1 heterocycles. The highest BCUT2D eigenvalue weighted by molar-refractivity contribution is 6.04. The Morgan fingerprint density at radius 3 is 2.24 bits per heavy atom. The second-order valence-corrected chi connectivity index (χ2v) is 9.81. The summed E-state index contributed by atoms with van der Waals surface area (Å²) in [4.78, 5) is 14.9. The van der Waals surface area contributed by atoms with E-state index >= 15 is 0 Å². The average Bonchev–Trinajstić information content (AvgIpc) is 3.65. The van der Waals surface area contributed by atoms with E-state index in [9.17, 15) is 18.0 Å². The Balaban J connectivity index is 0.00000200. The number of halogens is 5. The van der Waals surface area contributed by atoms with Crippen LogP contribution in [0.4, 0.5) is 18.9 Å². The molecule has 2 N–H and O–H groups in total. The van der Waals surface area contributed by atoms with Gasteiger partial charge in [0.15, 0.2) is 0 Å². The van der Waals surface area contributed by atoms with Crippen LogP contribution in [0.2, 0.25) is 0 Å². The molecule has 0 spiro atoms. The third-order valence-electron chi connectivity index (χ3n) is 7.13. The lowest BCUT2D eigenvalue weighted by Crippen LogP contribution is -2.43. The van der Waals surface area contributed by atoms with Crippen LogP contribution < -0.4 is 10.6 Å². The summed E-state index contributed by atoms with van der Waals surface area (Å²) in [6, 6.07) is 23.7. The molecule has 3 aromatic rings. The summed E-state index contributed by atoms with van der Waals surface area (Å²) in [6.07, 6.45) is -1.08. The van der Waals surface area contributed by atoms with Gasteiger partial charge in [-0.2, -0.15) is 13.2 Å². The summed E-state index contributed by atoms with van der Waals surface area (Å²) in [7, 11) is 0. The maximum atomic E-state index is 12.9. The molecule has 1 saturated carbocycles. The van der Waals surface area contributed by atoms with Crippen LogP contribution in [0.1, 0.15) is 52.2 Å². The van der Waals surface area contributed by atoms with Gasteiger partial charge >= 0.3 is 6.18 Å². The Morgan fingerprint density at radius 1 is 0.895 bits per heavy atom. The molecule has 0 radical (unpaired) electrons. The minimum absolute atomic E-state index is 0. The number of rotatable bonds is 7. The predicted octanol–water partition coefficient (Wildman–Crippen LogP) is 6.91. The SMILES string of the molecule is Cl.Cl.O=C(Nc1ccc(C2CC2NC2CCN(Cc3ccccc3)CC2)cc1)c1cccc(C(F)(F)F)c1. The minimum Gasteiger partial charge on any atom is -0.322 e. The Kier molecular flexibility index (Phi) is 10.2. The van der Waals surface area contributed by atoms with Crippen molar-refractivity contribution < 1.29 is 18.0 Å². The third kappa shape index (κ3) is 7.73. The number of hydrogen-bond acceptors (Lipinski definition) is 3. The number of anilines is 1. The van der Waals surface area contributed by atoms with Gasteiger partial charge in [-0.3, -0.25) is 9.69 Å². The molecule has 38 heavy (non-hydrogen) atoms. The molecule has 1 amide bonds. The molecule has 3 aromatic carbocycles. The van der Waals surface area contributed by atoms with Crippen LogP contribution >= 0.6 is 24.8 Å². The van der Waals surface area contributed by atoms with Crippen LogP contribution in [0.3, 0.4) is 0 Å². The van der Waals surface area contributed by atoms with Gasteiger partial charge in [-0.05, 0) is 73.8 Å². The molecule has 4 nitrogen and oxygen atoms in total. The molecule has 2 fully saturated rings. The molecule has 2 atom stereocenters. The molecule has 1 aliphatic heterocycles. The predicted molar refractivity (Wildman–Crippen MR) is 149 cm³/mol. The first-order valence-electron chi connectivity index (χ1n) is 12.5. The third-order valence-corrected chi connectivity index (χ3v) is 7.13. The monoisotopic (exact) mass is 565 g/mol. The lowest BCUT2D eigenvalue weighted by atomic mass is 10.0. The largest absolute Gasteiger partial charge is 0.416 e. The topological polar surface area (TPSA) is 44.4 Å². The van der Waals surface area contributed by atoms with Gasteiger partial charge in [0.1, 0.15) is 0 Å². The maximum absolute atomic E-state index is 12.9. The summed E-state index contributed by atoms with van der Waals surface area (Å²) in [5, 5.41) is 6.52. The van der Waals surface area contributed by atoms with Crippen molar-refractivity contribution in [1.29, 1.82) is 0 Å². The van der Waals surface area contributed by atoms with Crippen LogP contribution in [-0.2, 0) is 12.7 Å². The van der Waals surface area contributed by atoms with Crippen LogP contribution in [0.15, 0.2) is 78.9 Å². The number of amides is 1.